The Morgan fingerprint density at radius 3 is 2.82 bits per heavy atom. The summed E-state index contributed by atoms with van der Waals surface area (Å²) < 4.78 is 11.0. The van der Waals surface area contributed by atoms with Crippen LogP contribution in [0.5, 0.6) is 11.5 Å². The first-order valence-corrected chi connectivity index (χ1v) is 7.53. The zero-order valence-electron chi connectivity index (χ0n) is 12.1. The van der Waals surface area contributed by atoms with Gasteiger partial charge in [-0.05, 0) is 48.0 Å². The summed E-state index contributed by atoms with van der Waals surface area (Å²) in [5.74, 6) is 1.75. The lowest BCUT2D eigenvalue weighted by Crippen LogP contribution is -2.29. The molecule has 4 nitrogen and oxygen atoms in total. The molecule has 0 saturated heterocycles. The number of nitrogens with zero attached hydrogens (tertiary/aromatic N) is 2. The minimum atomic E-state index is 0.194. The molecule has 1 atom stereocenters. The van der Waals surface area contributed by atoms with Gasteiger partial charge in [-0.2, -0.15) is 5.10 Å². The molecule has 0 aliphatic carbocycles. The van der Waals surface area contributed by atoms with Crippen LogP contribution in [0.15, 0.2) is 47.6 Å². The Morgan fingerprint density at radius 2 is 2.05 bits per heavy atom. The highest BCUT2D eigenvalue weighted by Gasteiger charge is 2.34. The predicted octanol–water partition coefficient (Wildman–Crippen LogP) is 3.85. The summed E-state index contributed by atoms with van der Waals surface area (Å²) in [6.45, 7) is 0.471. The van der Waals surface area contributed by atoms with Crippen LogP contribution in [0.3, 0.4) is 0 Å². The average Bonchev–Trinajstić information content (AvgIpc) is 2.99. The molecule has 2 aromatic rings. The van der Waals surface area contributed by atoms with Crippen LogP contribution in [-0.2, 0) is 0 Å². The van der Waals surface area contributed by atoms with Crippen molar-refractivity contribution in [3.05, 3.63) is 58.6 Å². The first-order chi connectivity index (χ1) is 10.7. The molecule has 1 unspecified atom stereocenters. The zero-order valence-corrected chi connectivity index (χ0v) is 12.9. The summed E-state index contributed by atoms with van der Waals surface area (Å²) in [5, 5.41) is 7.41. The van der Waals surface area contributed by atoms with E-state index in [9.17, 15) is 0 Å². The first kappa shape index (κ1) is 13.5. The van der Waals surface area contributed by atoms with Crippen molar-refractivity contribution in [3.63, 3.8) is 0 Å². The molecule has 0 spiro atoms. The van der Waals surface area contributed by atoms with Gasteiger partial charge in [0.15, 0.2) is 6.73 Å². The number of rotatable bonds is 2. The maximum absolute atomic E-state index is 6.13. The maximum Gasteiger partial charge on any atom is 0.177 e. The Bertz CT molecular complexity index is 743. The molecule has 0 N–H and O–H groups in total. The van der Waals surface area contributed by atoms with Gasteiger partial charge in [-0.15, -0.1) is 0 Å². The third-order valence-electron chi connectivity index (χ3n) is 4.10. The van der Waals surface area contributed by atoms with Crippen molar-refractivity contribution >= 4 is 17.3 Å². The second-order valence-corrected chi connectivity index (χ2v) is 5.83. The van der Waals surface area contributed by atoms with Crippen molar-refractivity contribution in [1.29, 1.82) is 0 Å². The average molecular weight is 315 g/mol. The lowest BCUT2D eigenvalue weighted by molar-refractivity contribution is 0.0750. The molecule has 0 bridgehead atoms. The van der Waals surface area contributed by atoms with E-state index >= 15 is 0 Å². The Balaban J connectivity index is 1.64. The molecule has 0 amide bonds. The van der Waals surface area contributed by atoms with Crippen molar-refractivity contribution < 1.29 is 9.47 Å². The van der Waals surface area contributed by atoms with E-state index in [2.05, 4.69) is 0 Å². The van der Waals surface area contributed by atoms with Crippen LogP contribution < -0.4 is 9.47 Å². The van der Waals surface area contributed by atoms with Gasteiger partial charge in [-0.25, -0.2) is 0 Å². The lowest BCUT2D eigenvalue weighted by atomic mass is 9.97. The maximum atomic E-state index is 6.13. The van der Waals surface area contributed by atoms with Crippen LogP contribution in [-0.4, -0.2) is 24.6 Å². The number of hydrogen-bond donors (Lipinski definition) is 0. The number of fused-ring (bicyclic) bond motifs is 3. The van der Waals surface area contributed by atoms with Gasteiger partial charge in [0, 0.05) is 17.0 Å². The SMILES string of the molecule is COc1ccc(C2=NN3COc4ccc(Cl)cc4C3C2)cc1. The van der Waals surface area contributed by atoms with E-state index in [0.717, 1.165) is 39.8 Å². The van der Waals surface area contributed by atoms with Gasteiger partial charge in [0.25, 0.3) is 0 Å². The summed E-state index contributed by atoms with van der Waals surface area (Å²) >= 11 is 6.13. The summed E-state index contributed by atoms with van der Waals surface area (Å²) in [4.78, 5) is 0. The number of hydrazone groups is 1. The molecular weight excluding hydrogens is 300 g/mol. The Kier molecular flexibility index (Phi) is 3.19. The number of halogens is 1. The van der Waals surface area contributed by atoms with E-state index in [-0.39, 0.29) is 6.04 Å². The predicted molar refractivity (Wildman–Crippen MR) is 85.7 cm³/mol. The van der Waals surface area contributed by atoms with Crippen molar-refractivity contribution in [2.24, 2.45) is 5.10 Å². The van der Waals surface area contributed by atoms with Gasteiger partial charge in [-0.3, -0.25) is 5.01 Å². The lowest BCUT2D eigenvalue weighted by Gasteiger charge is -2.30. The van der Waals surface area contributed by atoms with Crippen LogP contribution in [0.25, 0.3) is 0 Å². The van der Waals surface area contributed by atoms with Crippen LogP contribution in [0, 0.1) is 0 Å². The minimum absolute atomic E-state index is 0.194. The minimum Gasteiger partial charge on any atom is -0.497 e. The molecule has 0 aromatic heterocycles. The van der Waals surface area contributed by atoms with E-state index in [1.165, 1.54) is 0 Å². The summed E-state index contributed by atoms with van der Waals surface area (Å²) in [6.07, 6.45) is 0.850. The molecule has 0 radical (unpaired) electrons. The van der Waals surface area contributed by atoms with Crippen molar-refractivity contribution in [2.75, 3.05) is 13.8 Å². The number of hydrogen-bond acceptors (Lipinski definition) is 4. The first-order valence-electron chi connectivity index (χ1n) is 7.15. The fraction of sp³-hybridized carbons (Fsp3) is 0.235. The van der Waals surface area contributed by atoms with Gasteiger partial charge < -0.3 is 9.47 Å². The van der Waals surface area contributed by atoms with E-state index in [4.69, 9.17) is 26.2 Å². The standard InChI is InChI=1S/C17H15ClN2O2/c1-21-13-5-2-11(3-6-13)15-9-16-14-8-12(18)4-7-17(14)22-10-20(16)19-15/h2-8,16H,9-10H2,1H3. The van der Waals surface area contributed by atoms with Crippen LogP contribution in [0.4, 0.5) is 0 Å². The van der Waals surface area contributed by atoms with E-state index in [1.807, 2.05) is 47.5 Å². The summed E-state index contributed by atoms with van der Waals surface area (Å²) in [7, 11) is 1.67. The fourth-order valence-corrected chi connectivity index (χ4v) is 3.13. The Labute approximate surface area is 133 Å². The highest BCUT2D eigenvalue weighted by molar-refractivity contribution is 6.30. The van der Waals surface area contributed by atoms with Crippen molar-refractivity contribution in [2.45, 2.75) is 12.5 Å². The molecule has 0 fully saturated rings. The second kappa shape index (κ2) is 5.21. The molecule has 22 heavy (non-hydrogen) atoms. The van der Waals surface area contributed by atoms with Crippen LogP contribution in [0.2, 0.25) is 5.02 Å². The number of ether oxygens (including phenoxy) is 2. The summed E-state index contributed by atoms with van der Waals surface area (Å²) in [6, 6.07) is 13.9. The molecule has 2 aliphatic rings. The molecule has 112 valence electrons. The van der Waals surface area contributed by atoms with Crippen LogP contribution in [0.1, 0.15) is 23.6 Å². The number of methoxy groups -OCH3 is 1. The molecular formula is C17H15ClN2O2. The molecule has 2 aromatic carbocycles. The molecule has 2 aliphatic heterocycles. The Morgan fingerprint density at radius 1 is 1.23 bits per heavy atom. The molecule has 0 saturated carbocycles. The van der Waals surface area contributed by atoms with Crippen LogP contribution >= 0.6 is 11.6 Å². The van der Waals surface area contributed by atoms with E-state index < -0.39 is 0 Å². The molecule has 5 heteroatoms. The highest BCUT2D eigenvalue weighted by Crippen LogP contribution is 2.41. The van der Waals surface area contributed by atoms with Crippen molar-refractivity contribution in [3.8, 4) is 11.5 Å². The van der Waals surface area contributed by atoms with Gasteiger partial charge >= 0.3 is 0 Å². The largest absolute Gasteiger partial charge is 0.497 e. The van der Waals surface area contributed by atoms with Gasteiger partial charge in [0.1, 0.15) is 11.5 Å². The Hall–Kier alpha value is -2.20. The smallest absolute Gasteiger partial charge is 0.177 e. The van der Waals surface area contributed by atoms with Gasteiger partial charge in [-0.1, -0.05) is 11.6 Å². The van der Waals surface area contributed by atoms with E-state index in [0.29, 0.717) is 6.73 Å². The second-order valence-electron chi connectivity index (χ2n) is 5.39. The number of benzene rings is 2. The normalized spacial score (nSPS) is 19.1. The van der Waals surface area contributed by atoms with E-state index in [1.54, 1.807) is 7.11 Å². The highest BCUT2D eigenvalue weighted by atomic mass is 35.5. The third kappa shape index (κ3) is 2.20. The molecule has 4 rings (SSSR count). The van der Waals surface area contributed by atoms with Gasteiger partial charge in [0.2, 0.25) is 0 Å². The topological polar surface area (TPSA) is 34.1 Å². The molecule has 2 heterocycles. The van der Waals surface area contributed by atoms with Crippen molar-refractivity contribution in [1.82, 2.24) is 5.01 Å². The third-order valence-corrected chi connectivity index (χ3v) is 4.34. The summed E-state index contributed by atoms with van der Waals surface area (Å²) in [5.41, 5.74) is 3.27. The van der Waals surface area contributed by atoms with Gasteiger partial charge in [0.05, 0.1) is 18.9 Å². The quantitative estimate of drug-likeness (QED) is 0.844. The fourth-order valence-electron chi connectivity index (χ4n) is 2.95. The zero-order chi connectivity index (χ0) is 15.1. The monoisotopic (exact) mass is 314 g/mol.